The maximum atomic E-state index is 14.0. The second-order valence-corrected chi connectivity index (χ2v) is 5.51. The van der Waals surface area contributed by atoms with E-state index in [1.54, 1.807) is 12.1 Å². The Morgan fingerprint density at radius 3 is 2.68 bits per heavy atom. The third-order valence-electron chi connectivity index (χ3n) is 4.09. The third kappa shape index (κ3) is 2.74. The van der Waals surface area contributed by atoms with Crippen LogP contribution >= 0.6 is 0 Å². The lowest BCUT2D eigenvalue weighted by Gasteiger charge is -2.46. The van der Waals surface area contributed by atoms with Crippen molar-refractivity contribution in [2.24, 2.45) is 0 Å². The van der Waals surface area contributed by atoms with E-state index in [9.17, 15) is 4.39 Å². The van der Waals surface area contributed by atoms with Crippen molar-refractivity contribution in [2.45, 2.75) is 19.4 Å². The number of halogens is 1. The lowest BCUT2D eigenvalue weighted by molar-refractivity contribution is 0.0377. The van der Waals surface area contributed by atoms with Crippen LogP contribution in [0.5, 0.6) is 5.75 Å². The molecule has 3 nitrogen and oxygen atoms in total. The van der Waals surface area contributed by atoms with Crippen molar-refractivity contribution in [3.05, 3.63) is 29.6 Å². The molecule has 2 rings (SSSR count). The summed E-state index contributed by atoms with van der Waals surface area (Å²) in [5.74, 6) is 0.0591. The average Bonchev–Trinajstić information content (AvgIpc) is 2.37. The fourth-order valence-corrected chi connectivity index (χ4v) is 2.71. The molecule has 0 N–H and O–H groups in total. The molecule has 1 atom stereocenters. The largest absolute Gasteiger partial charge is 0.491 e. The van der Waals surface area contributed by atoms with Crippen molar-refractivity contribution >= 4 is 0 Å². The molecular formula is C15H23FN2O. The van der Waals surface area contributed by atoms with Gasteiger partial charge in [-0.3, -0.25) is 4.90 Å². The van der Waals surface area contributed by atoms with E-state index in [1.807, 2.05) is 13.0 Å². The highest BCUT2D eigenvalue weighted by Gasteiger charge is 2.36. The van der Waals surface area contributed by atoms with Crippen LogP contribution in [0.1, 0.15) is 19.4 Å². The van der Waals surface area contributed by atoms with Crippen molar-refractivity contribution in [1.82, 2.24) is 9.80 Å². The lowest BCUT2D eigenvalue weighted by Crippen LogP contribution is -2.56. The average molecular weight is 266 g/mol. The van der Waals surface area contributed by atoms with Gasteiger partial charge in [0.15, 0.2) is 11.6 Å². The molecule has 1 aliphatic rings. The Labute approximate surface area is 115 Å². The summed E-state index contributed by atoms with van der Waals surface area (Å²) in [4.78, 5) is 4.58. The van der Waals surface area contributed by atoms with Crippen LogP contribution in [0.4, 0.5) is 4.39 Å². The van der Waals surface area contributed by atoms with Crippen LogP contribution in [0.15, 0.2) is 18.2 Å². The summed E-state index contributed by atoms with van der Waals surface area (Å²) in [6, 6.07) is 5.33. The topological polar surface area (TPSA) is 15.7 Å². The molecule has 0 saturated carbocycles. The molecule has 0 bridgehead atoms. The highest BCUT2D eigenvalue weighted by molar-refractivity contribution is 5.34. The number of benzene rings is 1. The second kappa shape index (κ2) is 5.47. The Kier molecular flexibility index (Phi) is 4.11. The van der Waals surface area contributed by atoms with Crippen molar-refractivity contribution < 1.29 is 9.13 Å². The molecule has 4 heteroatoms. The van der Waals surface area contributed by atoms with E-state index in [1.165, 1.54) is 0 Å². The van der Waals surface area contributed by atoms with Gasteiger partial charge in [-0.1, -0.05) is 6.07 Å². The zero-order valence-corrected chi connectivity index (χ0v) is 12.2. The molecular weight excluding hydrogens is 243 g/mol. The van der Waals surface area contributed by atoms with Crippen LogP contribution in [0.2, 0.25) is 0 Å². The van der Waals surface area contributed by atoms with Crippen molar-refractivity contribution in [3.8, 4) is 5.75 Å². The molecule has 0 amide bonds. The minimum Gasteiger partial charge on any atom is -0.491 e. The van der Waals surface area contributed by atoms with Crippen LogP contribution < -0.4 is 4.74 Å². The fourth-order valence-electron chi connectivity index (χ4n) is 2.71. The maximum Gasteiger partial charge on any atom is 0.165 e. The molecule has 1 saturated heterocycles. The smallest absolute Gasteiger partial charge is 0.165 e. The summed E-state index contributed by atoms with van der Waals surface area (Å²) >= 11 is 0. The summed E-state index contributed by atoms with van der Waals surface area (Å²) in [5, 5.41) is 0. The normalized spacial score (nSPS) is 25.5. The molecule has 1 aromatic rings. The first-order chi connectivity index (χ1) is 8.97. The lowest BCUT2D eigenvalue weighted by atomic mass is 9.88. The standard InChI is InChI=1S/C15H23FN2O/c1-5-19-14-7-6-12(10-13(14)16)15(2)11-17(3)8-9-18(15)4/h6-7,10H,5,8-9,11H2,1-4H3. The van der Waals surface area contributed by atoms with Crippen LogP contribution in [0.3, 0.4) is 0 Å². The van der Waals surface area contributed by atoms with E-state index in [0.717, 1.165) is 25.2 Å². The minimum absolute atomic E-state index is 0.154. The highest BCUT2D eigenvalue weighted by Crippen LogP contribution is 2.32. The summed E-state index contributed by atoms with van der Waals surface area (Å²) in [6.07, 6.45) is 0. The molecule has 0 radical (unpaired) electrons. The first-order valence-corrected chi connectivity index (χ1v) is 6.80. The van der Waals surface area contributed by atoms with Gasteiger partial charge in [-0.05, 0) is 45.6 Å². The van der Waals surface area contributed by atoms with Crippen LogP contribution in [-0.2, 0) is 5.54 Å². The minimum atomic E-state index is -0.276. The highest BCUT2D eigenvalue weighted by atomic mass is 19.1. The quantitative estimate of drug-likeness (QED) is 0.835. The molecule has 19 heavy (non-hydrogen) atoms. The number of hydrogen-bond acceptors (Lipinski definition) is 3. The van der Waals surface area contributed by atoms with E-state index in [0.29, 0.717) is 12.4 Å². The molecule has 0 spiro atoms. The molecule has 1 unspecified atom stereocenters. The number of rotatable bonds is 3. The van der Waals surface area contributed by atoms with E-state index >= 15 is 0 Å². The predicted octanol–water partition coefficient (Wildman–Crippen LogP) is 2.32. The van der Waals surface area contributed by atoms with Crippen molar-refractivity contribution in [2.75, 3.05) is 40.3 Å². The van der Waals surface area contributed by atoms with Gasteiger partial charge in [-0.15, -0.1) is 0 Å². The van der Waals surface area contributed by atoms with E-state index in [-0.39, 0.29) is 11.4 Å². The predicted molar refractivity (Wildman–Crippen MR) is 75.0 cm³/mol. The first-order valence-electron chi connectivity index (χ1n) is 6.80. The number of ether oxygens (including phenoxy) is 1. The summed E-state index contributed by atoms with van der Waals surface area (Å²) in [6.45, 7) is 7.44. The molecule has 1 aliphatic heterocycles. The Bertz CT molecular complexity index is 452. The second-order valence-electron chi connectivity index (χ2n) is 5.51. The summed E-state index contributed by atoms with van der Waals surface area (Å²) in [5.41, 5.74) is 0.848. The van der Waals surface area contributed by atoms with Crippen LogP contribution in [0.25, 0.3) is 0 Å². The molecule has 0 aromatic heterocycles. The van der Waals surface area contributed by atoms with E-state index in [2.05, 4.69) is 30.8 Å². The molecule has 1 fully saturated rings. The van der Waals surface area contributed by atoms with Gasteiger partial charge in [0.2, 0.25) is 0 Å². The SMILES string of the molecule is CCOc1ccc(C2(C)CN(C)CCN2C)cc1F. The van der Waals surface area contributed by atoms with E-state index < -0.39 is 0 Å². The number of nitrogens with zero attached hydrogens (tertiary/aromatic N) is 2. The van der Waals surface area contributed by atoms with Gasteiger partial charge in [0.25, 0.3) is 0 Å². The van der Waals surface area contributed by atoms with Gasteiger partial charge in [0.1, 0.15) is 0 Å². The zero-order valence-electron chi connectivity index (χ0n) is 12.2. The van der Waals surface area contributed by atoms with Gasteiger partial charge < -0.3 is 9.64 Å². The van der Waals surface area contributed by atoms with Crippen LogP contribution in [0, 0.1) is 5.82 Å². The van der Waals surface area contributed by atoms with Gasteiger partial charge in [0, 0.05) is 19.6 Å². The van der Waals surface area contributed by atoms with Gasteiger partial charge >= 0.3 is 0 Å². The Morgan fingerprint density at radius 1 is 1.32 bits per heavy atom. The van der Waals surface area contributed by atoms with Crippen LogP contribution in [-0.4, -0.2) is 50.1 Å². The van der Waals surface area contributed by atoms with E-state index in [4.69, 9.17) is 4.74 Å². The molecule has 1 aromatic carbocycles. The molecule has 0 aliphatic carbocycles. The summed E-state index contributed by atoms with van der Waals surface area (Å²) in [7, 11) is 4.21. The Hall–Kier alpha value is -1.13. The third-order valence-corrected chi connectivity index (χ3v) is 4.09. The zero-order chi connectivity index (χ0) is 14.0. The van der Waals surface area contributed by atoms with Gasteiger partial charge in [-0.25, -0.2) is 4.39 Å². The first kappa shape index (κ1) is 14.3. The molecule has 106 valence electrons. The number of hydrogen-bond donors (Lipinski definition) is 0. The Balaban J connectivity index is 2.32. The summed E-state index contributed by atoms with van der Waals surface area (Å²) < 4.78 is 19.3. The number of likely N-dealkylation sites (N-methyl/N-ethyl adjacent to an activating group) is 2. The monoisotopic (exact) mass is 266 g/mol. The Morgan fingerprint density at radius 2 is 2.05 bits per heavy atom. The van der Waals surface area contributed by atoms with Crippen molar-refractivity contribution in [3.63, 3.8) is 0 Å². The fraction of sp³-hybridized carbons (Fsp3) is 0.600. The van der Waals surface area contributed by atoms with Gasteiger partial charge in [-0.2, -0.15) is 0 Å². The molecule has 1 heterocycles. The van der Waals surface area contributed by atoms with Gasteiger partial charge in [0.05, 0.1) is 12.1 Å². The van der Waals surface area contributed by atoms with Crippen molar-refractivity contribution in [1.29, 1.82) is 0 Å². The number of piperazine rings is 1. The maximum absolute atomic E-state index is 14.0.